The second kappa shape index (κ2) is 4.48. The molecule has 0 spiro atoms. The molecule has 0 aliphatic carbocycles. The highest BCUT2D eigenvalue weighted by Gasteiger charge is 2.29. The first-order chi connectivity index (χ1) is 8.43. The Morgan fingerprint density at radius 2 is 1.94 bits per heavy atom. The van der Waals surface area contributed by atoms with Crippen molar-refractivity contribution in [3.05, 3.63) is 41.4 Å². The van der Waals surface area contributed by atoms with Crippen LogP contribution < -0.4 is 4.90 Å². The van der Waals surface area contributed by atoms with E-state index in [2.05, 4.69) is 6.58 Å². The van der Waals surface area contributed by atoms with E-state index in [0.717, 1.165) is 4.90 Å². The number of hydrogen-bond acceptors (Lipinski definition) is 1. The van der Waals surface area contributed by atoms with Crippen LogP contribution >= 0.6 is 0 Å². The van der Waals surface area contributed by atoms with Crippen LogP contribution in [0.25, 0.3) is 0 Å². The quantitative estimate of drug-likeness (QED) is 0.705. The van der Waals surface area contributed by atoms with Crippen LogP contribution in [0.4, 0.5) is 18.9 Å². The van der Waals surface area contributed by atoms with Crippen molar-refractivity contribution in [3.8, 4) is 0 Å². The lowest BCUT2D eigenvalue weighted by Gasteiger charge is -2.23. The molecule has 1 aromatic rings. The van der Waals surface area contributed by atoms with Gasteiger partial charge in [0.2, 0.25) is 5.91 Å². The average molecular weight is 255 g/mol. The molecule has 0 fully saturated rings. The Balaban J connectivity index is 2.73. The molecule has 0 saturated carbocycles. The fourth-order valence-electron chi connectivity index (χ4n) is 2.16. The number of rotatable bonds is 1. The van der Waals surface area contributed by atoms with Crippen molar-refractivity contribution in [2.75, 3.05) is 4.90 Å². The minimum Gasteiger partial charge on any atom is -0.282 e. The summed E-state index contributed by atoms with van der Waals surface area (Å²) < 4.78 is 40.7. The smallest absolute Gasteiger partial charge is 0.231 e. The van der Waals surface area contributed by atoms with Gasteiger partial charge in [-0.2, -0.15) is 0 Å². The average Bonchev–Trinajstić information content (AvgIpc) is 2.45. The van der Waals surface area contributed by atoms with Gasteiger partial charge in [-0.3, -0.25) is 9.69 Å². The predicted molar refractivity (Wildman–Crippen MR) is 61.6 cm³/mol. The van der Waals surface area contributed by atoms with Crippen LogP contribution in [-0.4, -0.2) is 5.91 Å². The van der Waals surface area contributed by atoms with Crippen LogP contribution in [0.3, 0.4) is 0 Å². The number of halogens is 3. The summed E-state index contributed by atoms with van der Waals surface area (Å²) in [6, 6.07) is 0.461. The van der Waals surface area contributed by atoms with E-state index in [1.165, 1.54) is 6.92 Å². The summed E-state index contributed by atoms with van der Waals surface area (Å²) in [5, 5.41) is 0. The van der Waals surface area contributed by atoms with E-state index in [1.807, 2.05) is 0 Å². The summed E-state index contributed by atoms with van der Waals surface area (Å²) in [6.45, 7) is 5.11. The first kappa shape index (κ1) is 12.7. The standard InChI is InChI=1S/C13H12F3NO/c1-7(2)17-11(18)5-3-4-8-12(16)9(14)6-10(15)13(8)17/h6H,1,3-5H2,2H3. The third-order valence-electron chi connectivity index (χ3n) is 2.91. The van der Waals surface area contributed by atoms with Gasteiger partial charge in [0.15, 0.2) is 17.5 Å². The molecule has 1 aliphatic rings. The first-order valence-corrected chi connectivity index (χ1v) is 5.58. The highest BCUT2D eigenvalue weighted by atomic mass is 19.2. The van der Waals surface area contributed by atoms with Gasteiger partial charge in [0.25, 0.3) is 0 Å². The molecular weight excluding hydrogens is 243 g/mol. The zero-order chi connectivity index (χ0) is 13.4. The Kier molecular flexibility index (Phi) is 3.15. The number of nitrogens with zero attached hydrogens (tertiary/aromatic N) is 1. The third kappa shape index (κ3) is 1.89. The second-order valence-corrected chi connectivity index (χ2v) is 4.30. The van der Waals surface area contributed by atoms with Gasteiger partial charge >= 0.3 is 0 Å². The van der Waals surface area contributed by atoms with Gasteiger partial charge in [0.05, 0.1) is 5.69 Å². The molecule has 1 aliphatic heterocycles. The van der Waals surface area contributed by atoms with Crippen molar-refractivity contribution in [2.24, 2.45) is 0 Å². The second-order valence-electron chi connectivity index (χ2n) is 4.30. The number of hydrogen-bond donors (Lipinski definition) is 0. The molecule has 0 N–H and O–H groups in total. The van der Waals surface area contributed by atoms with Gasteiger partial charge in [0, 0.05) is 23.7 Å². The normalized spacial score (nSPS) is 15.3. The van der Waals surface area contributed by atoms with Crippen molar-refractivity contribution in [1.82, 2.24) is 0 Å². The molecule has 2 rings (SSSR count). The molecule has 0 bridgehead atoms. The molecule has 0 atom stereocenters. The lowest BCUT2D eigenvalue weighted by Crippen LogP contribution is -2.29. The Morgan fingerprint density at radius 1 is 1.28 bits per heavy atom. The summed E-state index contributed by atoms with van der Waals surface area (Å²) in [6.07, 6.45) is 0.642. The zero-order valence-electron chi connectivity index (χ0n) is 9.90. The van der Waals surface area contributed by atoms with Gasteiger partial charge in [0.1, 0.15) is 0 Å². The highest BCUT2D eigenvalue weighted by Crippen LogP contribution is 2.34. The van der Waals surface area contributed by atoms with Crippen molar-refractivity contribution in [2.45, 2.75) is 26.2 Å². The maximum atomic E-state index is 13.8. The summed E-state index contributed by atoms with van der Waals surface area (Å²) in [5.41, 5.74) is -0.0155. The monoisotopic (exact) mass is 255 g/mol. The largest absolute Gasteiger partial charge is 0.282 e. The van der Waals surface area contributed by atoms with Gasteiger partial charge < -0.3 is 0 Å². The molecule has 0 radical (unpaired) electrons. The maximum absolute atomic E-state index is 13.8. The number of carbonyl (C=O) groups excluding carboxylic acids is 1. The van der Waals surface area contributed by atoms with Crippen molar-refractivity contribution >= 4 is 11.6 Å². The number of benzene rings is 1. The zero-order valence-corrected chi connectivity index (χ0v) is 9.90. The Bertz CT molecular complexity index is 540. The van der Waals surface area contributed by atoms with E-state index < -0.39 is 17.5 Å². The SMILES string of the molecule is C=C(C)N1C(=O)CCCc2c(F)c(F)cc(F)c21. The molecule has 1 aromatic carbocycles. The molecule has 5 heteroatoms. The Hall–Kier alpha value is -1.78. The number of amides is 1. The minimum absolute atomic E-state index is 0.0960. The molecule has 1 amide bonds. The molecule has 96 valence electrons. The van der Waals surface area contributed by atoms with Gasteiger partial charge in [-0.05, 0) is 19.8 Å². The molecule has 0 unspecified atom stereocenters. The number of fused-ring (bicyclic) bond motifs is 1. The fourth-order valence-corrected chi connectivity index (χ4v) is 2.16. The lowest BCUT2D eigenvalue weighted by molar-refractivity contribution is -0.118. The lowest BCUT2D eigenvalue weighted by atomic mass is 10.1. The highest BCUT2D eigenvalue weighted by molar-refractivity contribution is 5.97. The predicted octanol–water partition coefficient (Wildman–Crippen LogP) is 3.31. The van der Waals surface area contributed by atoms with Crippen molar-refractivity contribution < 1.29 is 18.0 Å². The van der Waals surface area contributed by atoms with Crippen LogP contribution in [0.5, 0.6) is 0 Å². The molecule has 0 saturated heterocycles. The van der Waals surface area contributed by atoms with Crippen molar-refractivity contribution in [3.63, 3.8) is 0 Å². The van der Waals surface area contributed by atoms with Crippen LogP contribution in [-0.2, 0) is 11.2 Å². The Labute approximate surface area is 103 Å². The fraction of sp³-hybridized carbons (Fsp3) is 0.308. The molecule has 0 aromatic heterocycles. The first-order valence-electron chi connectivity index (χ1n) is 5.58. The van der Waals surface area contributed by atoms with Crippen LogP contribution in [0.2, 0.25) is 0 Å². The summed E-state index contributed by atoms with van der Waals surface area (Å²) in [5.74, 6) is -3.62. The van der Waals surface area contributed by atoms with Gasteiger partial charge in [-0.1, -0.05) is 6.58 Å². The number of anilines is 1. The van der Waals surface area contributed by atoms with Crippen molar-refractivity contribution in [1.29, 1.82) is 0 Å². The van der Waals surface area contributed by atoms with E-state index in [1.54, 1.807) is 0 Å². The number of carbonyl (C=O) groups is 1. The van der Waals surface area contributed by atoms with Crippen LogP contribution in [0.15, 0.2) is 18.3 Å². The number of allylic oxidation sites excluding steroid dienone is 1. The van der Waals surface area contributed by atoms with E-state index >= 15 is 0 Å². The van der Waals surface area contributed by atoms with Gasteiger partial charge in [-0.25, -0.2) is 13.2 Å². The van der Waals surface area contributed by atoms with E-state index in [0.29, 0.717) is 12.5 Å². The third-order valence-corrected chi connectivity index (χ3v) is 2.91. The van der Waals surface area contributed by atoms with E-state index in [9.17, 15) is 18.0 Å². The molecule has 1 heterocycles. The summed E-state index contributed by atoms with van der Waals surface area (Å²) >= 11 is 0. The summed E-state index contributed by atoms with van der Waals surface area (Å²) in [4.78, 5) is 12.9. The Morgan fingerprint density at radius 3 is 2.56 bits per heavy atom. The van der Waals surface area contributed by atoms with Gasteiger partial charge in [-0.15, -0.1) is 0 Å². The van der Waals surface area contributed by atoms with E-state index in [4.69, 9.17) is 0 Å². The summed E-state index contributed by atoms with van der Waals surface area (Å²) in [7, 11) is 0. The van der Waals surface area contributed by atoms with Crippen LogP contribution in [0.1, 0.15) is 25.3 Å². The molecule has 18 heavy (non-hydrogen) atoms. The topological polar surface area (TPSA) is 20.3 Å². The molecular formula is C13H12F3NO. The van der Waals surface area contributed by atoms with E-state index in [-0.39, 0.29) is 35.7 Å². The maximum Gasteiger partial charge on any atom is 0.231 e. The minimum atomic E-state index is -1.23. The van der Waals surface area contributed by atoms with Crippen LogP contribution in [0, 0.1) is 17.5 Å². The molecule has 2 nitrogen and oxygen atoms in total.